The van der Waals surface area contributed by atoms with Crippen molar-refractivity contribution in [1.29, 1.82) is 0 Å². The van der Waals surface area contributed by atoms with E-state index < -0.39 is 6.04 Å². The van der Waals surface area contributed by atoms with Gasteiger partial charge in [0.2, 0.25) is 5.89 Å². The first-order valence-electron chi connectivity index (χ1n) is 8.89. The van der Waals surface area contributed by atoms with Crippen LogP contribution in [-0.2, 0) is 4.74 Å². The third-order valence-electron chi connectivity index (χ3n) is 4.28. The van der Waals surface area contributed by atoms with Crippen LogP contribution >= 0.6 is 11.3 Å². The van der Waals surface area contributed by atoms with Gasteiger partial charge in [-0.1, -0.05) is 0 Å². The molecule has 0 bridgehead atoms. The maximum atomic E-state index is 12.7. The highest BCUT2D eigenvalue weighted by Gasteiger charge is 2.29. The van der Waals surface area contributed by atoms with Crippen LogP contribution in [0.1, 0.15) is 63.6 Å². The summed E-state index contributed by atoms with van der Waals surface area (Å²) in [5.74, 6) is -0.132. The van der Waals surface area contributed by atoms with Crippen molar-refractivity contribution >= 4 is 23.2 Å². The Morgan fingerprint density at radius 3 is 2.52 bits per heavy atom. The Hall–Kier alpha value is -2.26. The molecule has 27 heavy (non-hydrogen) atoms. The highest BCUT2D eigenvalue weighted by atomic mass is 32.1. The van der Waals surface area contributed by atoms with Crippen molar-refractivity contribution in [3.63, 3.8) is 0 Å². The van der Waals surface area contributed by atoms with Gasteiger partial charge in [-0.25, -0.2) is 9.97 Å². The van der Waals surface area contributed by atoms with Gasteiger partial charge in [-0.2, -0.15) is 0 Å². The summed E-state index contributed by atoms with van der Waals surface area (Å²) in [5, 5.41) is 3.68. The fourth-order valence-corrected chi connectivity index (χ4v) is 3.98. The average Bonchev–Trinajstić information content (AvgIpc) is 3.19. The molecule has 3 atom stereocenters. The van der Waals surface area contributed by atoms with Crippen molar-refractivity contribution in [1.82, 2.24) is 20.2 Å². The number of nitrogens with one attached hydrogen (secondary N) is 1. The number of carbonyl (C=O) groups is 2. The lowest BCUT2D eigenvalue weighted by Crippen LogP contribution is -2.48. The molecule has 1 aliphatic rings. The summed E-state index contributed by atoms with van der Waals surface area (Å²) in [6.07, 6.45) is 1.30. The summed E-state index contributed by atoms with van der Waals surface area (Å²) >= 11 is 1.34. The minimum atomic E-state index is -0.469. The van der Waals surface area contributed by atoms with Crippen LogP contribution in [0.25, 0.3) is 0 Å². The fraction of sp³-hybridized carbons (Fsp3) is 0.556. The van der Waals surface area contributed by atoms with Crippen LogP contribution in [0.4, 0.5) is 0 Å². The molecule has 1 aliphatic heterocycles. The van der Waals surface area contributed by atoms with E-state index in [1.165, 1.54) is 17.6 Å². The largest absolute Gasteiger partial charge is 0.446 e. The molecule has 0 unspecified atom stereocenters. The van der Waals surface area contributed by atoms with Crippen molar-refractivity contribution in [2.24, 2.45) is 0 Å². The van der Waals surface area contributed by atoms with Gasteiger partial charge in [0, 0.05) is 13.1 Å². The predicted molar refractivity (Wildman–Crippen MR) is 99.9 cm³/mol. The number of aromatic nitrogens is 2. The van der Waals surface area contributed by atoms with E-state index in [2.05, 4.69) is 15.3 Å². The summed E-state index contributed by atoms with van der Waals surface area (Å²) < 4.78 is 11.1. The first-order valence-corrected chi connectivity index (χ1v) is 9.71. The van der Waals surface area contributed by atoms with Crippen molar-refractivity contribution in [3.05, 3.63) is 33.4 Å². The molecule has 2 aromatic rings. The van der Waals surface area contributed by atoms with Crippen LogP contribution in [0.15, 0.2) is 10.7 Å². The number of oxazole rings is 1. The number of hydrogen-bond acceptors (Lipinski definition) is 7. The van der Waals surface area contributed by atoms with Crippen LogP contribution in [0.3, 0.4) is 0 Å². The Labute approximate surface area is 161 Å². The zero-order chi connectivity index (χ0) is 19.7. The van der Waals surface area contributed by atoms with Gasteiger partial charge in [0.05, 0.1) is 22.9 Å². The van der Waals surface area contributed by atoms with Crippen LogP contribution in [0.5, 0.6) is 0 Å². The summed E-state index contributed by atoms with van der Waals surface area (Å²) in [5.41, 5.74) is 0.929. The highest BCUT2D eigenvalue weighted by Crippen LogP contribution is 2.20. The first kappa shape index (κ1) is 19.5. The maximum Gasteiger partial charge on any atom is 0.275 e. The number of carbonyl (C=O) groups excluding carboxylic acids is 2. The normalized spacial score (nSPS) is 21.1. The molecule has 2 amide bonds. The maximum absolute atomic E-state index is 12.7. The molecular formula is C18H24N4O4S. The quantitative estimate of drug-likeness (QED) is 0.858. The molecule has 9 heteroatoms. The molecule has 0 spiro atoms. The van der Waals surface area contributed by atoms with Gasteiger partial charge >= 0.3 is 0 Å². The number of amides is 2. The molecule has 3 rings (SSSR count). The van der Waals surface area contributed by atoms with E-state index >= 15 is 0 Å². The highest BCUT2D eigenvalue weighted by molar-refractivity contribution is 7.13. The number of nitrogens with zero attached hydrogens (tertiary/aromatic N) is 3. The second-order valence-electron chi connectivity index (χ2n) is 6.88. The third-order valence-corrected chi connectivity index (χ3v) is 5.35. The molecule has 3 heterocycles. The molecule has 1 saturated heterocycles. The molecule has 0 aliphatic carbocycles. The summed E-state index contributed by atoms with van der Waals surface area (Å²) in [4.78, 5) is 35.9. The van der Waals surface area contributed by atoms with Gasteiger partial charge in [0.1, 0.15) is 17.2 Å². The van der Waals surface area contributed by atoms with E-state index in [4.69, 9.17) is 9.15 Å². The van der Waals surface area contributed by atoms with Gasteiger partial charge < -0.3 is 19.4 Å². The summed E-state index contributed by atoms with van der Waals surface area (Å²) in [7, 11) is 0. The Balaban J connectivity index is 1.66. The Kier molecular flexibility index (Phi) is 5.61. The molecule has 1 N–H and O–H groups in total. The second kappa shape index (κ2) is 7.77. The molecule has 8 nitrogen and oxygen atoms in total. The fourth-order valence-electron chi connectivity index (χ4n) is 3.16. The molecule has 1 fully saturated rings. The predicted octanol–water partition coefficient (Wildman–Crippen LogP) is 2.49. The first-order chi connectivity index (χ1) is 12.7. The summed E-state index contributed by atoms with van der Waals surface area (Å²) in [6.45, 7) is 10.3. The SMILES string of the molecule is Cc1nc(C)c(C(=O)N[C@@H](C)c2nc(C(=O)N3C[C@@H](C)O[C@@H](C)C3)co2)s1. The van der Waals surface area contributed by atoms with Crippen molar-refractivity contribution < 1.29 is 18.7 Å². The number of rotatable bonds is 4. The number of morpholine rings is 1. The summed E-state index contributed by atoms with van der Waals surface area (Å²) in [6, 6.07) is -0.469. The minimum absolute atomic E-state index is 0.0200. The lowest BCUT2D eigenvalue weighted by Gasteiger charge is -2.34. The van der Waals surface area contributed by atoms with Gasteiger partial charge in [-0.3, -0.25) is 9.59 Å². The Morgan fingerprint density at radius 2 is 1.93 bits per heavy atom. The van der Waals surface area contributed by atoms with Crippen LogP contribution in [0.2, 0.25) is 0 Å². The zero-order valence-corrected chi connectivity index (χ0v) is 16.9. The molecule has 0 radical (unpaired) electrons. The van der Waals surface area contributed by atoms with Crippen molar-refractivity contribution in [3.8, 4) is 0 Å². The van der Waals surface area contributed by atoms with E-state index in [0.717, 1.165) is 5.01 Å². The zero-order valence-electron chi connectivity index (χ0n) is 16.1. The van der Waals surface area contributed by atoms with Gasteiger partial charge in [-0.15, -0.1) is 11.3 Å². The van der Waals surface area contributed by atoms with E-state index in [1.54, 1.807) is 18.7 Å². The lowest BCUT2D eigenvalue weighted by molar-refractivity contribution is -0.0587. The van der Waals surface area contributed by atoms with Gasteiger partial charge in [0.25, 0.3) is 11.8 Å². The number of hydrogen-bond donors (Lipinski definition) is 1. The van der Waals surface area contributed by atoms with Gasteiger partial charge in [-0.05, 0) is 34.6 Å². The van der Waals surface area contributed by atoms with Crippen molar-refractivity contribution in [2.75, 3.05) is 13.1 Å². The van der Waals surface area contributed by atoms with Crippen molar-refractivity contribution in [2.45, 2.75) is 52.9 Å². The van der Waals surface area contributed by atoms with Crippen LogP contribution in [0, 0.1) is 13.8 Å². The number of thiazole rings is 1. The third kappa shape index (κ3) is 4.36. The standard InChI is InChI=1S/C18H24N4O4S/c1-9-6-22(7-10(2)26-9)18(24)14-8-25-17(21-14)12(4)20-16(23)15-11(3)19-13(5)27-15/h8-10,12H,6-7H2,1-5H3,(H,20,23)/t9-,10+,12-/m0/s1. The monoisotopic (exact) mass is 392 g/mol. The molecule has 146 valence electrons. The number of aryl methyl sites for hydroxylation is 2. The van der Waals surface area contributed by atoms with E-state index in [1.807, 2.05) is 20.8 Å². The van der Waals surface area contributed by atoms with E-state index in [9.17, 15) is 9.59 Å². The van der Waals surface area contributed by atoms with E-state index in [-0.39, 0.29) is 29.7 Å². The van der Waals surface area contributed by atoms with Crippen LogP contribution in [-0.4, -0.2) is 52.0 Å². The molecule has 0 aromatic carbocycles. The molecule has 2 aromatic heterocycles. The molecule has 0 saturated carbocycles. The Bertz CT molecular complexity index is 836. The smallest absolute Gasteiger partial charge is 0.275 e. The minimum Gasteiger partial charge on any atom is -0.446 e. The second-order valence-corrected chi connectivity index (χ2v) is 8.08. The van der Waals surface area contributed by atoms with E-state index in [0.29, 0.717) is 29.6 Å². The van der Waals surface area contributed by atoms with Gasteiger partial charge in [0.15, 0.2) is 5.69 Å². The van der Waals surface area contributed by atoms with Crippen LogP contribution < -0.4 is 5.32 Å². The Morgan fingerprint density at radius 1 is 1.26 bits per heavy atom. The average molecular weight is 392 g/mol. The molecular weight excluding hydrogens is 368 g/mol. The number of ether oxygens (including phenoxy) is 1. The topological polar surface area (TPSA) is 97.6 Å². The lowest BCUT2D eigenvalue weighted by atomic mass is 10.2.